The Hall–Kier alpha value is -2.46. The molecule has 0 unspecified atom stereocenters. The molecule has 1 saturated heterocycles. The molecule has 1 aliphatic heterocycles. The maximum Gasteiger partial charge on any atom is 0.250 e. The summed E-state index contributed by atoms with van der Waals surface area (Å²) in [5.74, 6) is -0.184. The molecular formula is C21H23NO3. The summed E-state index contributed by atoms with van der Waals surface area (Å²) in [6, 6.07) is 18.5. The average molecular weight is 337 g/mol. The number of nitrogens with zero attached hydrogens (tertiary/aromatic N) is 1. The van der Waals surface area contributed by atoms with E-state index >= 15 is 0 Å². The summed E-state index contributed by atoms with van der Waals surface area (Å²) >= 11 is 0. The van der Waals surface area contributed by atoms with Crippen molar-refractivity contribution in [2.75, 3.05) is 0 Å². The van der Waals surface area contributed by atoms with E-state index in [-0.39, 0.29) is 22.9 Å². The summed E-state index contributed by atoms with van der Waals surface area (Å²) in [6.07, 6.45) is 1.85. The highest BCUT2D eigenvalue weighted by Crippen LogP contribution is 2.46. The van der Waals surface area contributed by atoms with E-state index in [1.807, 2.05) is 73.7 Å². The second-order valence-electron chi connectivity index (χ2n) is 6.60. The first-order chi connectivity index (χ1) is 12.1. The monoisotopic (exact) mass is 337 g/mol. The third kappa shape index (κ3) is 3.49. The van der Waals surface area contributed by atoms with E-state index in [0.29, 0.717) is 6.42 Å². The minimum absolute atomic E-state index is 0.0239. The molecule has 2 aromatic rings. The summed E-state index contributed by atoms with van der Waals surface area (Å²) in [6.45, 7) is 5.87. The molecule has 1 aliphatic rings. The summed E-state index contributed by atoms with van der Waals surface area (Å²) in [5.41, 5.74) is 1.85. The molecule has 1 fully saturated rings. The highest BCUT2D eigenvalue weighted by Gasteiger charge is 2.51. The average Bonchev–Trinajstić information content (AvgIpc) is 2.64. The molecule has 1 heterocycles. The molecule has 4 heteroatoms. The van der Waals surface area contributed by atoms with Crippen molar-refractivity contribution in [1.82, 2.24) is 0 Å². The number of hydrogen-bond acceptors (Lipinski definition) is 3. The number of nitro groups is 1. The molecular weight excluding hydrogens is 314 g/mol. The smallest absolute Gasteiger partial charge is 0.250 e. The third-order valence-corrected chi connectivity index (χ3v) is 5.11. The molecule has 0 N–H and O–H groups in total. The lowest BCUT2D eigenvalue weighted by Gasteiger charge is -2.42. The Kier molecular flexibility index (Phi) is 5.29. The van der Waals surface area contributed by atoms with Crippen molar-refractivity contribution >= 4 is 0 Å². The minimum atomic E-state index is -0.819. The fraction of sp³-hybridized carbons (Fsp3) is 0.333. The highest BCUT2D eigenvalue weighted by molar-refractivity contribution is 5.27. The van der Waals surface area contributed by atoms with Crippen LogP contribution in [0.3, 0.4) is 0 Å². The van der Waals surface area contributed by atoms with Gasteiger partial charge in [0.05, 0.1) is 12.0 Å². The topological polar surface area (TPSA) is 52.4 Å². The first-order valence-corrected chi connectivity index (χ1v) is 8.63. The van der Waals surface area contributed by atoms with E-state index in [1.54, 1.807) is 0 Å². The van der Waals surface area contributed by atoms with Gasteiger partial charge in [-0.1, -0.05) is 73.7 Å². The van der Waals surface area contributed by atoms with E-state index in [4.69, 9.17) is 4.74 Å². The molecule has 130 valence electrons. The molecule has 0 aliphatic carbocycles. The summed E-state index contributed by atoms with van der Waals surface area (Å²) in [4.78, 5) is 11.9. The minimum Gasteiger partial charge on any atom is -0.362 e. The van der Waals surface area contributed by atoms with Gasteiger partial charge in [-0.2, -0.15) is 0 Å². The SMILES string of the molecule is C=CC[C@H]1O[C@H](c2ccccc2)[C@@H]([N+](=O)[O-])[C@H](c2ccccc2)[C@H]1C. The first kappa shape index (κ1) is 17.4. The van der Waals surface area contributed by atoms with Gasteiger partial charge in [0.25, 0.3) is 0 Å². The van der Waals surface area contributed by atoms with Crippen LogP contribution in [0.15, 0.2) is 73.3 Å². The Morgan fingerprint density at radius 1 is 1.08 bits per heavy atom. The van der Waals surface area contributed by atoms with Crippen LogP contribution in [0.4, 0.5) is 0 Å². The van der Waals surface area contributed by atoms with E-state index in [9.17, 15) is 10.1 Å². The van der Waals surface area contributed by atoms with Crippen LogP contribution in [0.25, 0.3) is 0 Å². The molecule has 0 amide bonds. The summed E-state index contributed by atoms with van der Waals surface area (Å²) in [7, 11) is 0. The van der Waals surface area contributed by atoms with Gasteiger partial charge in [-0.15, -0.1) is 6.58 Å². The van der Waals surface area contributed by atoms with Crippen LogP contribution in [-0.2, 0) is 4.74 Å². The maximum atomic E-state index is 12.0. The van der Waals surface area contributed by atoms with Gasteiger partial charge in [0.2, 0.25) is 6.04 Å². The fourth-order valence-electron chi connectivity index (χ4n) is 3.89. The Labute approximate surface area is 148 Å². The molecule has 4 nitrogen and oxygen atoms in total. The van der Waals surface area contributed by atoms with Crippen LogP contribution < -0.4 is 0 Å². The van der Waals surface area contributed by atoms with Gasteiger partial charge >= 0.3 is 0 Å². The standard InChI is InChI=1S/C21H23NO3/c1-3-10-18-15(2)19(16-11-6-4-7-12-16)20(22(23)24)21(25-18)17-13-8-5-9-14-17/h3-9,11-15,18-21H,1,10H2,2H3/t15-,18+,19-,20-,21+/m0/s1. The van der Waals surface area contributed by atoms with Crippen molar-refractivity contribution in [2.45, 2.75) is 37.5 Å². The van der Waals surface area contributed by atoms with Gasteiger partial charge in [0.15, 0.2) is 6.10 Å². The quantitative estimate of drug-likeness (QED) is 0.449. The lowest BCUT2D eigenvalue weighted by molar-refractivity contribution is -0.551. The molecule has 2 aromatic carbocycles. The molecule has 0 spiro atoms. The van der Waals surface area contributed by atoms with Gasteiger partial charge < -0.3 is 4.74 Å². The second kappa shape index (κ2) is 7.62. The largest absolute Gasteiger partial charge is 0.362 e. The number of benzene rings is 2. The molecule has 0 radical (unpaired) electrons. The van der Waals surface area contributed by atoms with Crippen molar-refractivity contribution in [3.8, 4) is 0 Å². The lowest BCUT2D eigenvalue weighted by atomic mass is 9.73. The number of ether oxygens (including phenoxy) is 1. The van der Waals surface area contributed by atoms with Crippen molar-refractivity contribution in [3.05, 3.63) is 94.6 Å². The van der Waals surface area contributed by atoms with E-state index < -0.39 is 12.1 Å². The number of hydrogen-bond donors (Lipinski definition) is 0. The fourth-order valence-corrected chi connectivity index (χ4v) is 3.89. The van der Waals surface area contributed by atoms with Crippen molar-refractivity contribution < 1.29 is 9.66 Å². The number of rotatable bonds is 5. The zero-order chi connectivity index (χ0) is 17.8. The van der Waals surface area contributed by atoms with Crippen LogP contribution in [0.5, 0.6) is 0 Å². The Bertz CT molecular complexity index is 716. The molecule has 0 bridgehead atoms. The van der Waals surface area contributed by atoms with Gasteiger partial charge in [-0.25, -0.2) is 0 Å². The summed E-state index contributed by atoms with van der Waals surface area (Å²) < 4.78 is 6.24. The third-order valence-electron chi connectivity index (χ3n) is 5.11. The van der Waals surface area contributed by atoms with Crippen molar-refractivity contribution in [1.29, 1.82) is 0 Å². The Morgan fingerprint density at radius 3 is 2.16 bits per heavy atom. The van der Waals surface area contributed by atoms with Crippen molar-refractivity contribution in [2.24, 2.45) is 5.92 Å². The van der Waals surface area contributed by atoms with Gasteiger partial charge in [0, 0.05) is 4.92 Å². The predicted octanol–water partition coefficient (Wildman–Crippen LogP) is 4.77. The zero-order valence-electron chi connectivity index (χ0n) is 14.3. The predicted molar refractivity (Wildman–Crippen MR) is 98.0 cm³/mol. The molecule has 3 rings (SSSR count). The van der Waals surface area contributed by atoms with Crippen molar-refractivity contribution in [3.63, 3.8) is 0 Å². The Balaban J connectivity index is 2.08. The zero-order valence-corrected chi connectivity index (χ0v) is 14.3. The second-order valence-corrected chi connectivity index (χ2v) is 6.60. The van der Waals surface area contributed by atoms with Crippen LogP contribution in [0.2, 0.25) is 0 Å². The van der Waals surface area contributed by atoms with Crippen LogP contribution in [-0.4, -0.2) is 17.1 Å². The maximum absolute atomic E-state index is 12.0. The molecule has 25 heavy (non-hydrogen) atoms. The van der Waals surface area contributed by atoms with E-state index in [1.165, 1.54) is 0 Å². The Morgan fingerprint density at radius 2 is 1.64 bits per heavy atom. The van der Waals surface area contributed by atoms with Gasteiger partial charge in [0.1, 0.15) is 0 Å². The normalized spacial score (nSPS) is 29.1. The van der Waals surface area contributed by atoms with Crippen LogP contribution >= 0.6 is 0 Å². The van der Waals surface area contributed by atoms with E-state index in [0.717, 1.165) is 11.1 Å². The van der Waals surface area contributed by atoms with Gasteiger partial charge in [-0.05, 0) is 23.5 Å². The van der Waals surface area contributed by atoms with Crippen LogP contribution in [0, 0.1) is 16.0 Å². The molecule has 0 saturated carbocycles. The first-order valence-electron chi connectivity index (χ1n) is 8.63. The summed E-state index contributed by atoms with van der Waals surface area (Å²) in [5, 5.41) is 12.0. The molecule has 0 aromatic heterocycles. The van der Waals surface area contributed by atoms with Gasteiger partial charge in [-0.3, -0.25) is 10.1 Å². The lowest BCUT2D eigenvalue weighted by Crippen LogP contribution is -2.48. The highest BCUT2D eigenvalue weighted by atomic mass is 16.6. The van der Waals surface area contributed by atoms with Crippen LogP contribution in [0.1, 0.15) is 36.5 Å². The van der Waals surface area contributed by atoms with E-state index in [2.05, 4.69) is 6.58 Å². The molecule has 5 atom stereocenters.